The van der Waals surface area contributed by atoms with Gasteiger partial charge in [-0.2, -0.15) is 5.26 Å². The Hall–Kier alpha value is -3.24. The van der Waals surface area contributed by atoms with E-state index in [1.165, 1.54) is 6.07 Å². The molecule has 2 aromatic rings. The lowest BCUT2D eigenvalue weighted by Gasteiger charge is -2.23. The van der Waals surface area contributed by atoms with Gasteiger partial charge < -0.3 is 16.0 Å². The first-order chi connectivity index (χ1) is 15.0. The molecule has 5 rings (SSSR count). The van der Waals surface area contributed by atoms with E-state index in [1.54, 1.807) is 24.3 Å². The zero-order valence-electron chi connectivity index (χ0n) is 17.0. The number of nitriles is 1. The molecule has 7 heteroatoms. The molecule has 1 saturated heterocycles. The Balaban J connectivity index is 1.28. The van der Waals surface area contributed by atoms with Gasteiger partial charge in [0.05, 0.1) is 12.1 Å². The van der Waals surface area contributed by atoms with Crippen molar-refractivity contribution >= 4 is 11.8 Å². The van der Waals surface area contributed by atoms with Crippen LogP contribution < -0.4 is 16.0 Å². The van der Waals surface area contributed by atoms with Crippen LogP contribution in [0.25, 0.3) is 11.1 Å². The van der Waals surface area contributed by atoms with Crippen molar-refractivity contribution in [2.24, 2.45) is 5.92 Å². The van der Waals surface area contributed by atoms with Gasteiger partial charge in [0.25, 0.3) is 5.91 Å². The lowest BCUT2D eigenvalue weighted by atomic mass is 9.97. The Labute approximate surface area is 179 Å². The molecule has 2 heterocycles. The van der Waals surface area contributed by atoms with Crippen molar-refractivity contribution in [1.29, 1.82) is 5.26 Å². The van der Waals surface area contributed by atoms with Crippen LogP contribution in [0.4, 0.5) is 4.39 Å². The van der Waals surface area contributed by atoms with Crippen LogP contribution in [-0.2, 0) is 17.8 Å². The summed E-state index contributed by atoms with van der Waals surface area (Å²) in [6.07, 6.45) is 3.26. The lowest BCUT2D eigenvalue weighted by molar-refractivity contribution is -0.124. The number of piperidine rings is 1. The number of nitrogens with zero attached hydrogens (tertiary/aromatic N) is 1. The zero-order chi connectivity index (χ0) is 21.5. The average Bonchev–Trinajstić information content (AvgIpc) is 3.50. The van der Waals surface area contributed by atoms with E-state index < -0.39 is 11.9 Å². The predicted molar refractivity (Wildman–Crippen MR) is 112 cm³/mol. The molecule has 2 fully saturated rings. The molecule has 0 radical (unpaired) electrons. The number of rotatable bonds is 5. The normalized spacial score (nSPS) is 24.4. The van der Waals surface area contributed by atoms with Gasteiger partial charge in [0.15, 0.2) is 0 Å². The standard InChI is InChI=1S/C24H23FN4O2/c25-21-10-14(13-4-6-20-17(7-13)12-27-23(20)30)1-2-15(21)8-19(11-26)29-24(31)22-16-3-5-18(9-16)28-22/h1-2,4,6-7,10,16,18-19,22,28H,3,5,8-9,12H2,(H,27,30)(H,29,31)/t16?,18?,19?,22-/m0/s1. The van der Waals surface area contributed by atoms with E-state index in [-0.39, 0.29) is 24.3 Å². The van der Waals surface area contributed by atoms with Crippen LogP contribution in [0.1, 0.15) is 40.7 Å². The van der Waals surface area contributed by atoms with Crippen molar-refractivity contribution in [3.05, 3.63) is 58.9 Å². The van der Waals surface area contributed by atoms with Crippen molar-refractivity contribution in [2.45, 2.75) is 50.4 Å². The van der Waals surface area contributed by atoms with Gasteiger partial charge in [-0.05, 0) is 65.6 Å². The Morgan fingerprint density at radius 1 is 1.23 bits per heavy atom. The lowest BCUT2D eigenvalue weighted by Crippen LogP contribution is -2.50. The van der Waals surface area contributed by atoms with Gasteiger partial charge in [-0.15, -0.1) is 0 Å². The van der Waals surface area contributed by atoms with E-state index in [9.17, 15) is 19.2 Å². The number of hydrogen-bond donors (Lipinski definition) is 3. The summed E-state index contributed by atoms with van der Waals surface area (Å²) in [5, 5.41) is 18.4. The fourth-order valence-corrected chi connectivity index (χ4v) is 5.06. The predicted octanol–water partition coefficient (Wildman–Crippen LogP) is 2.43. The molecule has 2 aliphatic heterocycles. The molecule has 1 aliphatic carbocycles. The van der Waals surface area contributed by atoms with E-state index in [1.807, 2.05) is 6.07 Å². The first-order valence-electron chi connectivity index (χ1n) is 10.7. The summed E-state index contributed by atoms with van der Waals surface area (Å²) in [6, 6.07) is 11.8. The number of benzene rings is 2. The maximum absolute atomic E-state index is 14.8. The smallest absolute Gasteiger partial charge is 0.251 e. The summed E-state index contributed by atoms with van der Waals surface area (Å²) in [5.41, 5.74) is 3.46. The molecule has 3 N–H and O–H groups in total. The molecule has 0 aromatic heterocycles. The minimum absolute atomic E-state index is 0.0895. The summed E-state index contributed by atoms with van der Waals surface area (Å²) in [6.45, 7) is 0.476. The van der Waals surface area contributed by atoms with Crippen molar-refractivity contribution in [1.82, 2.24) is 16.0 Å². The van der Waals surface area contributed by atoms with Crippen molar-refractivity contribution in [2.75, 3.05) is 0 Å². The summed E-state index contributed by atoms with van der Waals surface area (Å²) in [7, 11) is 0. The summed E-state index contributed by atoms with van der Waals surface area (Å²) in [4.78, 5) is 24.3. The van der Waals surface area contributed by atoms with E-state index in [4.69, 9.17) is 0 Å². The van der Waals surface area contributed by atoms with Crippen molar-refractivity contribution in [3.8, 4) is 17.2 Å². The second-order valence-electron chi connectivity index (χ2n) is 8.67. The number of carbonyl (C=O) groups is 2. The number of nitrogens with one attached hydrogen (secondary N) is 3. The highest BCUT2D eigenvalue weighted by Crippen LogP contribution is 2.35. The fourth-order valence-electron chi connectivity index (χ4n) is 5.06. The Morgan fingerprint density at radius 3 is 2.74 bits per heavy atom. The van der Waals surface area contributed by atoms with Gasteiger partial charge in [-0.25, -0.2) is 4.39 Å². The third kappa shape index (κ3) is 3.68. The largest absolute Gasteiger partial charge is 0.348 e. The topological polar surface area (TPSA) is 94.0 Å². The molecule has 6 nitrogen and oxygen atoms in total. The second kappa shape index (κ2) is 7.78. The molecular weight excluding hydrogens is 395 g/mol. The number of halogens is 1. The van der Waals surface area contributed by atoms with E-state index in [0.717, 1.165) is 30.4 Å². The molecule has 4 atom stereocenters. The van der Waals surface area contributed by atoms with Crippen LogP contribution in [-0.4, -0.2) is 29.9 Å². The SMILES string of the molecule is N#CC(Cc1ccc(-c2ccc3c(c2)CNC3=O)cc1F)NC(=O)[C@H]1NC2CCC1C2. The van der Waals surface area contributed by atoms with Gasteiger partial charge in [0, 0.05) is 24.6 Å². The monoisotopic (exact) mass is 418 g/mol. The number of fused-ring (bicyclic) bond motifs is 3. The molecule has 2 aromatic carbocycles. The Morgan fingerprint density at radius 2 is 2.03 bits per heavy atom. The Kier molecular flexibility index (Phi) is 4.95. The molecule has 1 saturated carbocycles. The van der Waals surface area contributed by atoms with Crippen LogP contribution in [0.2, 0.25) is 0 Å². The van der Waals surface area contributed by atoms with Crippen LogP contribution in [0.15, 0.2) is 36.4 Å². The summed E-state index contributed by atoms with van der Waals surface area (Å²) < 4.78 is 14.8. The van der Waals surface area contributed by atoms with E-state index >= 15 is 0 Å². The van der Waals surface area contributed by atoms with Gasteiger partial charge >= 0.3 is 0 Å². The highest BCUT2D eigenvalue weighted by molar-refractivity contribution is 5.98. The van der Waals surface area contributed by atoms with Crippen LogP contribution in [0.5, 0.6) is 0 Å². The minimum atomic E-state index is -0.786. The maximum Gasteiger partial charge on any atom is 0.251 e. The summed E-state index contributed by atoms with van der Waals surface area (Å²) >= 11 is 0. The first kappa shape index (κ1) is 19.7. The molecule has 2 bridgehead atoms. The highest BCUT2D eigenvalue weighted by atomic mass is 19.1. The number of amides is 2. The van der Waals surface area contributed by atoms with Gasteiger partial charge in [0.1, 0.15) is 11.9 Å². The fraction of sp³-hybridized carbons (Fsp3) is 0.375. The van der Waals surface area contributed by atoms with Gasteiger partial charge in [0.2, 0.25) is 5.91 Å². The van der Waals surface area contributed by atoms with Crippen LogP contribution in [0.3, 0.4) is 0 Å². The van der Waals surface area contributed by atoms with Gasteiger partial charge in [-0.1, -0.05) is 18.2 Å². The molecule has 2 amide bonds. The van der Waals surface area contributed by atoms with Crippen molar-refractivity contribution < 1.29 is 14.0 Å². The average molecular weight is 418 g/mol. The zero-order valence-corrected chi connectivity index (χ0v) is 17.0. The maximum atomic E-state index is 14.8. The van der Waals surface area contributed by atoms with E-state index in [0.29, 0.717) is 35.2 Å². The van der Waals surface area contributed by atoms with E-state index in [2.05, 4.69) is 22.0 Å². The summed E-state index contributed by atoms with van der Waals surface area (Å²) in [5.74, 6) is -0.344. The quantitative estimate of drug-likeness (QED) is 0.695. The third-order valence-corrected chi connectivity index (χ3v) is 6.71. The molecule has 3 aliphatic rings. The molecule has 0 spiro atoms. The number of hydrogen-bond acceptors (Lipinski definition) is 4. The highest BCUT2D eigenvalue weighted by Gasteiger charge is 2.43. The Bertz CT molecular complexity index is 1110. The number of carbonyl (C=O) groups excluding carboxylic acids is 2. The third-order valence-electron chi connectivity index (χ3n) is 6.71. The molecule has 3 unspecified atom stereocenters. The second-order valence-corrected chi connectivity index (χ2v) is 8.67. The first-order valence-corrected chi connectivity index (χ1v) is 10.7. The van der Waals surface area contributed by atoms with Crippen LogP contribution in [0, 0.1) is 23.1 Å². The molecular formula is C24H23FN4O2. The molecule has 31 heavy (non-hydrogen) atoms. The van der Waals surface area contributed by atoms with Crippen molar-refractivity contribution in [3.63, 3.8) is 0 Å². The van der Waals surface area contributed by atoms with Gasteiger partial charge in [-0.3, -0.25) is 9.59 Å². The molecule has 158 valence electrons. The minimum Gasteiger partial charge on any atom is -0.348 e. The van der Waals surface area contributed by atoms with Crippen LogP contribution >= 0.6 is 0 Å².